The third-order valence-electron chi connectivity index (χ3n) is 27.0. The maximum atomic E-state index is 12.6. The molecule has 10 aromatic carbocycles. The number of esters is 4. The molecule has 5 fully saturated rings. The summed E-state index contributed by atoms with van der Waals surface area (Å²) in [6.07, 6.45) is 22.6. The number of nitrogens with zero attached hydrogens (tertiary/aromatic N) is 15. The molecule has 25 nitrogen and oxygen atoms in total. The summed E-state index contributed by atoms with van der Waals surface area (Å²) in [5, 5.41) is 24.9. The Hall–Kier alpha value is -14.3. The molecule has 10 aromatic heterocycles. The van der Waals surface area contributed by atoms with Crippen molar-refractivity contribution in [2.45, 2.75) is 191 Å². The molecule has 10 heterocycles. The number of aromatic nitrogens is 15. The smallest absolute Gasteiger partial charge is 0.322 e. The second-order valence-electron chi connectivity index (χ2n) is 37.7. The number of ether oxygens (including phenoxy) is 4. The van der Waals surface area contributed by atoms with Gasteiger partial charge in [0.2, 0.25) is 0 Å². The van der Waals surface area contributed by atoms with Gasteiger partial charge in [0.1, 0.15) is 10.00 Å². The number of fused-ring (bicyclic) bond motifs is 10. The van der Waals surface area contributed by atoms with E-state index >= 15 is 0 Å². The van der Waals surface area contributed by atoms with Gasteiger partial charge in [-0.2, -0.15) is 0 Å². The first-order chi connectivity index (χ1) is 72.4. The van der Waals surface area contributed by atoms with E-state index in [4.69, 9.17) is 44.0 Å². The molecule has 0 aliphatic heterocycles. The van der Waals surface area contributed by atoms with E-state index in [1.807, 2.05) is 114 Å². The number of rotatable bonds is 31. The van der Waals surface area contributed by atoms with Crippen LogP contribution in [-0.4, -0.2) is 161 Å². The zero-order chi connectivity index (χ0) is 102. The predicted molar refractivity (Wildman–Crippen MR) is 593 cm³/mol. The highest BCUT2D eigenvalue weighted by Crippen LogP contribution is 2.52. The minimum Gasteiger partial charge on any atom is -0.481 e. The summed E-state index contributed by atoms with van der Waals surface area (Å²) < 4.78 is 30.5. The number of carbonyl (C=O) groups excluding carboxylic acids is 4. The van der Waals surface area contributed by atoms with Crippen molar-refractivity contribution in [3.8, 4) is 28.4 Å². The lowest BCUT2D eigenvalue weighted by atomic mass is 9.99. The Kier molecular flexibility index (Phi) is 29.9. The van der Waals surface area contributed by atoms with Gasteiger partial charge in [0.15, 0.2) is 54.0 Å². The molecule has 5 aliphatic carbocycles. The third kappa shape index (κ3) is 21.5. The molecule has 748 valence electrons. The van der Waals surface area contributed by atoms with Crippen LogP contribution >= 0.6 is 58.8 Å². The van der Waals surface area contributed by atoms with Crippen molar-refractivity contribution >= 4 is 198 Å². The maximum Gasteiger partial charge on any atom is 0.322 e. The second kappa shape index (κ2) is 44.4. The van der Waals surface area contributed by atoms with E-state index in [1.54, 1.807) is 42.7 Å². The molecule has 1 atom stereocenters. The molecular formula is C118H111N15O10S5. The molecule has 0 saturated heterocycles. The quantitative estimate of drug-likeness (QED) is 0.0183. The normalized spacial score (nSPS) is 14.2. The Morgan fingerprint density at radius 1 is 0.331 bits per heavy atom. The van der Waals surface area contributed by atoms with E-state index in [9.17, 15) is 24.0 Å². The molecule has 0 bridgehead atoms. The monoisotopic (exact) mass is 2060 g/mol. The molecule has 5 saturated carbocycles. The number of benzene rings is 10. The van der Waals surface area contributed by atoms with Crippen LogP contribution in [0.5, 0.6) is 0 Å². The molecule has 0 amide bonds. The Morgan fingerprint density at radius 3 is 0.919 bits per heavy atom. The van der Waals surface area contributed by atoms with Crippen LogP contribution in [-0.2, 0) is 42.9 Å². The summed E-state index contributed by atoms with van der Waals surface area (Å²) >= 11 is 7.08. The standard InChI is InChI=1S/2C25H25N3O2S.C24H23N3O2S.C23H21N3O2S.C21H17N3O2S/c1-4-30-23(29)25(2,3)31-24-27-22-21(10-7-15-26-22)28(24)20-14-13-17(16-11-12-16)18-8-5-6-9-19(18)20;1-2-30-23(29)10-6-16-31-25-27-24-22(9-5-15-26-24)28(25)21-14-13-18(17-11-12-17)19-7-3-4-8-20(19)21;1-3-29-23(28)15(2)30-24-26-22-21(9-6-14-25-22)27(24)20-13-12-17(16-10-11-16)18-7-4-5-8-19(18)20;1-2-28-21(27)14-29-23-25-22-20(8-5-13-24-22)26(23)19-12-11-16(15-9-10-15)17-6-3-4-7-18(17)19;25-19(26)12-27-21-23-20-18(6-3-11-22-20)24(21)17-10-9-14(13-7-8-13)15-4-1-2-5-16(15)17/h5-10,13-16H,4,11-12H2,1-3H3;3-5,7-9,13-15,17H,2,6,10-12,16H2,1H3;4-9,12-16H,3,10-11H2,1-2H3;3-8,11-13,15H,2,9-10,14H2,1H3;1-6,9-11,13H,7-8,12H2,(H,25,26). The summed E-state index contributed by atoms with van der Waals surface area (Å²) in [5.74, 6) is 2.61. The van der Waals surface area contributed by atoms with E-state index in [-0.39, 0.29) is 40.6 Å². The lowest BCUT2D eigenvalue weighted by Crippen LogP contribution is -2.30. The first kappa shape index (κ1) is 99.7. The van der Waals surface area contributed by atoms with Crippen LogP contribution in [0, 0.1) is 0 Å². The van der Waals surface area contributed by atoms with E-state index < -0.39 is 10.7 Å². The number of carboxylic acids is 1. The molecule has 0 spiro atoms. The van der Waals surface area contributed by atoms with Crippen molar-refractivity contribution in [2.75, 3.05) is 43.7 Å². The van der Waals surface area contributed by atoms with Gasteiger partial charge in [-0.3, -0.25) is 46.8 Å². The highest BCUT2D eigenvalue weighted by molar-refractivity contribution is 8.01. The summed E-state index contributed by atoms with van der Waals surface area (Å²) in [4.78, 5) is 105. The summed E-state index contributed by atoms with van der Waals surface area (Å²) in [5.41, 5.74) is 20.5. The number of hydrogen-bond donors (Lipinski definition) is 1. The molecular weight excluding hydrogens is 1950 g/mol. The topological polar surface area (TPSA) is 296 Å². The van der Waals surface area contributed by atoms with Crippen molar-refractivity contribution in [1.29, 1.82) is 0 Å². The third-order valence-corrected chi connectivity index (χ3v) is 32.0. The molecule has 25 rings (SSSR count). The van der Waals surface area contributed by atoms with E-state index in [2.05, 4.69) is 230 Å². The van der Waals surface area contributed by atoms with Gasteiger partial charge in [-0.15, -0.1) is 0 Å². The van der Waals surface area contributed by atoms with Gasteiger partial charge in [0, 0.05) is 70.1 Å². The predicted octanol–water partition coefficient (Wildman–Crippen LogP) is 27.0. The van der Waals surface area contributed by atoms with Gasteiger partial charge in [0.05, 0.1) is 94.0 Å². The number of hydrogen-bond acceptors (Lipinski definition) is 24. The largest absolute Gasteiger partial charge is 0.481 e. The second-order valence-corrected chi connectivity index (χ2v) is 43.6. The van der Waals surface area contributed by atoms with Gasteiger partial charge in [-0.25, -0.2) is 49.8 Å². The molecule has 20 aromatic rings. The van der Waals surface area contributed by atoms with Crippen molar-refractivity contribution in [3.05, 3.63) is 301 Å². The van der Waals surface area contributed by atoms with Gasteiger partial charge in [-0.05, 0) is 294 Å². The molecule has 30 heteroatoms. The van der Waals surface area contributed by atoms with E-state index in [0.717, 1.165) is 99.9 Å². The fourth-order valence-electron chi connectivity index (χ4n) is 19.4. The fraction of sp³-hybridized carbons (Fsp3) is 0.280. The molecule has 1 N–H and O–H groups in total. The highest BCUT2D eigenvalue weighted by Gasteiger charge is 2.37. The van der Waals surface area contributed by atoms with E-state index in [1.165, 1.54) is 188 Å². The van der Waals surface area contributed by atoms with Crippen LogP contribution in [0.3, 0.4) is 0 Å². The molecule has 148 heavy (non-hydrogen) atoms. The summed E-state index contributed by atoms with van der Waals surface area (Å²) in [7, 11) is 0. The lowest BCUT2D eigenvalue weighted by Gasteiger charge is -2.22. The maximum absolute atomic E-state index is 12.6. The minimum atomic E-state index is -0.861. The minimum absolute atomic E-state index is 0.0403. The summed E-state index contributed by atoms with van der Waals surface area (Å²) in [6, 6.07) is 84.6. The number of imidazole rings is 5. The van der Waals surface area contributed by atoms with Crippen LogP contribution in [0.15, 0.2) is 299 Å². The fourth-order valence-corrected chi connectivity index (χ4v) is 23.9. The van der Waals surface area contributed by atoms with Gasteiger partial charge in [-0.1, -0.05) is 210 Å². The number of carboxylic acid groups (broad SMARTS) is 1. The highest BCUT2D eigenvalue weighted by atomic mass is 32.2. The van der Waals surface area contributed by atoms with Crippen molar-refractivity contribution in [2.24, 2.45) is 0 Å². The van der Waals surface area contributed by atoms with Crippen molar-refractivity contribution in [1.82, 2.24) is 72.7 Å². The van der Waals surface area contributed by atoms with Crippen molar-refractivity contribution < 1.29 is 48.0 Å². The first-order valence-electron chi connectivity index (χ1n) is 50.8. The lowest BCUT2D eigenvalue weighted by molar-refractivity contribution is -0.145. The Labute approximate surface area is 877 Å². The number of pyridine rings is 5. The average Bonchev–Trinajstić information content (AvgIpc) is 1.61. The molecule has 5 aliphatic rings. The Balaban J connectivity index is 0.000000108. The van der Waals surface area contributed by atoms with Gasteiger partial charge < -0.3 is 24.1 Å². The van der Waals surface area contributed by atoms with Crippen LogP contribution in [0.25, 0.3) is 138 Å². The zero-order valence-corrected chi connectivity index (χ0v) is 87.3. The SMILES string of the molecule is CCOC(=O)C(C)(C)Sc1nc2ncccc2n1-c1ccc(C2CC2)c2ccccc12.CCOC(=O)C(C)Sc1nc2ncccc2n1-c1ccc(C2CC2)c2ccccc12.CCOC(=O)CCCSc1nc2ncccc2n1-c1ccc(C2CC2)c2ccccc12.CCOC(=O)CSc1nc2ncccc2n1-c1ccc(C2CC2)c2ccccc12.O=C(O)CSc1nc2ncccc2n1-c1ccc(C2CC2)c2ccccc12. The Bertz CT molecular complexity index is 8430. The zero-order valence-electron chi connectivity index (χ0n) is 83.3. The number of thioether (sulfide) groups is 5. The average molecular weight is 2060 g/mol. The summed E-state index contributed by atoms with van der Waals surface area (Å²) in [6.45, 7) is 14.4. The van der Waals surface area contributed by atoms with Gasteiger partial charge >= 0.3 is 29.8 Å². The van der Waals surface area contributed by atoms with Crippen LogP contribution < -0.4 is 0 Å². The Morgan fingerprint density at radius 2 is 0.608 bits per heavy atom. The molecule has 0 radical (unpaired) electrons. The van der Waals surface area contributed by atoms with Crippen LogP contribution in [0.2, 0.25) is 0 Å². The van der Waals surface area contributed by atoms with Gasteiger partial charge in [0.25, 0.3) is 0 Å². The van der Waals surface area contributed by atoms with Crippen LogP contribution in [0.1, 0.15) is 183 Å². The van der Waals surface area contributed by atoms with Crippen molar-refractivity contribution in [3.63, 3.8) is 0 Å². The van der Waals surface area contributed by atoms with Crippen LogP contribution in [0.4, 0.5) is 0 Å². The number of carbonyl (C=O) groups is 5. The number of aliphatic carboxylic acids is 1. The van der Waals surface area contributed by atoms with E-state index in [0.29, 0.717) is 90.2 Å². The first-order valence-corrected chi connectivity index (χ1v) is 55.4. The molecule has 1 unspecified atom stereocenters.